The molecule has 1 aromatic heterocycles. The Morgan fingerprint density at radius 3 is 2.52 bits per heavy atom. The van der Waals surface area contributed by atoms with Crippen molar-refractivity contribution in [1.82, 2.24) is 9.78 Å². The van der Waals surface area contributed by atoms with Crippen LogP contribution in [0.5, 0.6) is 0 Å². The molecule has 1 N–H and O–H groups in total. The van der Waals surface area contributed by atoms with E-state index in [1.165, 1.54) is 0 Å². The van der Waals surface area contributed by atoms with Gasteiger partial charge in [-0.25, -0.2) is 0 Å². The van der Waals surface area contributed by atoms with Gasteiger partial charge in [0.15, 0.2) is 0 Å². The van der Waals surface area contributed by atoms with Gasteiger partial charge in [-0.05, 0) is 44.2 Å². The van der Waals surface area contributed by atoms with Crippen LogP contribution in [0.25, 0.3) is 0 Å². The second-order valence-corrected chi connectivity index (χ2v) is 5.54. The van der Waals surface area contributed by atoms with Gasteiger partial charge in [-0.1, -0.05) is 11.6 Å². The van der Waals surface area contributed by atoms with Crippen molar-refractivity contribution in [3.05, 3.63) is 47.2 Å². The minimum Gasteiger partial charge on any atom is -0.480 e. The first kappa shape index (κ1) is 15.4. The van der Waals surface area contributed by atoms with Gasteiger partial charge in [0.05, 0.1) is 12.2 Å². The lowest BCUT2D eigenvalue weighted by atomic mass is 10.2. The topological polar surface area (TPSA) is 58.4 Å². The quantitative estimate of drug-likeness (QED) is 0.890. The van der Waals surface area contributed by atoms with Crippen molar-refractivity contribution < 1.29 is 9.90 Å². The minimum absolute atomic E-state index is 0.0871. The molecule has 0 unspecified atom stereocenters. The fourth-order valence-electron chi connectivity index (χ4n) is 2.00. The number of carboxylic acid groups (broad SMARTS) is 1. The highest BCUT2D eigenvalue weighted by Crippen LogP contribution is 2.20. The van der Waals surface area contributed by atoms with Crippen molar-refractivity contribution in [3.8, 4) is 0 Å². The van der Waals surface area contributed by atoms with Gasteiger partial charge in [0.25, 0.3) is 0 Å². The van der Waals surface area contributed by atoms with E-state index in [1.54, 1.807) is 17.0 Å². The molecular weight excluding hydrogens is 290 g/mol. The molecule has 0 saturated carbocycles. The Morgan fingerprint density at radius 1 is 1.33 bits per heavy atom. The van der Waals surface area contributed by atoms with Crippen LogP contribution in [0, 0.1) is 0 Å². The molecule has 0 aliphatic carbocycles. The van der Waals surface area contributed by atoms with Gasteiger partial charge in [-0.2, -0.15) is 5.10 Å². The number of hydrogen-bond acceptors (Lipinski definition) is 3. The van der Waals surface area contributed by atoms with E-state index in [0.717, 1.165) is 11.4 Å². The Bertz CT molecular complexity index is 608. The average molecular weight is 308 g/mol. The molecule has 1 heterocycles. The maximum absolute atomic E-state index is 11.1. The summed E-state index contributed by atoms with van der Waals surface area (Å²) in [5.74, 6) is -0.881. The van der Waals surface area contributed by atoms with Crippen LogP contribution in [0.3, 0.4) is 0 Å². The first-order valence-corrected chi connectivity index (χ1v) is 7.10. The number of benzene rings is 1. The number of halogens is 1. The Labute approximate surface area is 128 Å². The number of carboxylic acids is 1. The lowest BCUT2D eigenvalue weighted by Gasteiger charge is -2.22. The fourth-order valence-corrected chi connectivity index (χ4v) is 2.12. The summed E-state index contributed by atoms with van der Waals surface area (Å²) in [5.41, 5.74) is 1.64. The maximum Gasteiger partial charge on any atom is 0.323 e. The molecule has 6 heteroatoms. The van der Waals surface area contributed by atoms with Gasteiger partial charge in [-0.15, -0.1) is 0 Å². The summed E-state index contributed by atoms with van der Waals surface area (Å²) in [5, 5.41) is 14.2. The maximum atomic E-state index is 11.1. The molecule has 0 aliphatic rings. The summed E-state index contributed by atoms with van der Waals surface area (Å²) in [4.78, 5) is 12.8. The standard InChI is InChI=1S/C15H18ClN3O2/c1-11(2)19-8-7-13(17-19)9-18(10-15(20)21)14-5-3-12(16)4-6-14/h3-8,11H,9-10H2,1-2H3,(H,20,21). The number of nitrogens with zero attached hydrogens (tertiary/aromatic N) is 3. The van der Waals surface area contributed by atoms with Crippen LogP contribution in [-0.4, -0.2) is 27.4 Å². The van der Waals surface area contributed by atoms with Crippen molar-refractivity contribution in [2.24, 2.45) is 0 Å². The average Bonchev–Trinajstić information content (AvgIpc) is 2.87. The summed E-state index contributed by atoms with van der Waals surface area (Å²) in [6.07, 6.45) is 1.90. The van der Waals surface area contributed by atoms with Gasteiger partial charge in [0.1, 0.15) is 6.54 Å². The van der Waals surface area contributed by atoms with E-state index in [4.69, 9.17) is 16.7 Å². The van der Waals surface area contributed by atoms with Crippen molar-refractivity contribution >= 4 is 23.3 Å². The third-order valence-electron chi connectivity index (χ3n) is 3.06. The highest BCUT2D eigenvalue weighted by molar-refractivity contribution is 6.30. The molecule has 0 saturated heterocycles. The molecule has 0 aliphatic heterocycles. The molecule has 2 rings (SSSR count). The van der Waals surface area contributed by atoms with Crippen LogP contribution >= 0.6 is 11.6 Å². The summed E-state index contributed by atoms with van der Waals surface area (Å²) in [6, 6.07) is 9.30. The van der Waals surface area contributed by atoms with E-state index in [0.29, 0.717) is 11.6 Å². The molecule has 0 amide bonds. The molecule has 1 aromatic carbocycles. The van der Waals surface area contributed by atoms with Crippen molar-refractivity contribution in [1.29, 1.82) is 0 Å². The van der Waals surface area contributed by atoms with Crippen LogP contribution in [0.1, 0.15) is 25.6 Å². The van der Waals surface area contributed by atoms with E-state index in [2.05, 4.69) is 5.10 Å². The second kappa shape index (κ2) is 6.63. The van der Waals surface area contributed by atoms with Crippen LogP contribution in [0.4, 0.5) is 5.69 Å². The van der Waals surface area contributed by atoms with Crippen molar-refractivity contribution in [2.45, 2.75) is 26.4 Å². The number of carbonyl (C=O) groups is 1. The zero-order chi connectivity index (χ0) is 15.4. The molecule has 0 bridgehead atoms. The smallest absolute Gasteiger partial charge is 0.323 e. The SMILES string of the molecule is CC(C)n1ccc(CN(CC(=O)O)c2ccc(Cl)cc2)n1. The Kier molecular flexibility index (Phi) is 4.85. The number of hydrogen-bond donors (Lipinski definition) is 1. The number of aromatic nitrogens is 2. The van der Waals surface area contributed by atoms with Crippen LogP contribution in [-0.2, 0) is 11.3 Å². The molecule has 2 aromatic rings. The predicted molar refractivity (Wildman–Crippen MR) is 82.7 cm³/mol. The van der Waals surface area contributed by atoms with Gasteiger partial charge in [0, 0.05) is 22.9 Å². The van der Waals surface area contributed by atoms with Gasteiger partial charge < -0.3 is 10.0 Å². The van der Waals surface area contributed by atoms with E-state index in [-0.39, 0.29) is 12.6 Å². The van der Waals surface area contributed by atoms with Gasteiger partial charge >= 0.3 is 5.97 Å². The summed E-state index contributed by atoms with van der Waals surface area (Å²) < 4.78 is 1.86. The normalized spacial score (nSPS) is 10.9. The Hall–Kier alpha value is -2.01. The molecule has 0 atom stereocenters. The van der Waals surface area contributed by atoms with Crippen LogP contribution in [0.2, 0.25) is 5.02 Å². The van der Waals surface area contributed by atoms with Crippen molar-refractivity contribution in [3.63, 3.8) is 0 Å². The highest BCUT2D eigenvalue weighted by Gasteiger charge is 2.13. The number of anilines is 1. The lowest BCUT2D eigenvalue weighted by molar-refractivity contribution is -0.135. The van der Waals surface area contributed by atoms with E-state index in [1.807, 2.05) is 42.9 Å². The van der Waals surface area contributed by atoms with Crippen LogP contribution < -0.4 is 4.90 Å². The second-order valence-electron chi connectivity index (χ2n) is 5.11. The predicted octanol–water partition coefficient (Wildman–Crippen LogP) is 3.21. The molecule has 21 heavy (non-hydrogen) atoms. The molecule has 0 fully saturated rings. The fraction of sp³-hybridized carbons (Fsp3) is 0.333. The third kappa shape index (κ3) is 4.23. The van der Waals surface area contributed by atoms with Crippen molar-refractivity contribution in [2.75, 3.05) is 11.4 Å². The van der Waals surface area contributed by atoms with E-state index >= 15 is 0 Å². The third-order valence-corrected chi connectivity index (χ3v) is 3.32. The largest absolute Gasteiger partial charge is 0.480 e. The number of rotatable bonds is 6. The summed E-state index contributed by atoms with van der Waals surface area (Å²) >= 11 is 5.87. The zero-order valence-corrected chi connectivity index (χ0v) is 12.8. The molecule has 5 nitrogen and oxygen atoms in total. The molecular formula is C15H18ClN3O2. The van der Waals surface area contributed by atoms with E-state index in [9.17, 15) is 4.79 Å². The Balaban J connectivity index is 2.19. The minimum atomic E-state index is -0.881. The Morgan fingerprint density at radius 2 is 2.00 bits per heavy atom. The molecule has 112 valence electrons. The first-order valence-electron chi connectivity index (χ1n) is 6.72. The van der Waals surface area contributed by atoms with Crippen LogP contribution in [0.15, 0.2) is 36.5 Å². The molecule has 0 radical (unpaired) electrons. The van der Waals surface area contributed by atoms with Gasteiger partial charge in [0.2, 0.25) is 0 Å². The highest BCUT2D eigenvalue weighted by atomic mass is 35.5. The molecule has 0 spiro atoms. The summed E-state index contributed by atoms with van der Waals surface area (Å²) in [6.45, 7) is 4.44. The first-order chi connectivity index (χ1) is 9.95. The van der Waals surface area contributed by atoms with E-state index < -0.39 is 5.97 Å². The zero-order valence-electron chi connectivity index (χ0n) is 12.0. The van der Waals surface area contributed by atoms with Gasteiger partial charge in [-0.3, -0.25) is 9.48 Å². The number of aliphatic carboxylic acids is 1. The lowest BCUT2D eigenvalue weighted by Crippen LogP contribution is -2.29. The monoisotopic (exact) mass is 307 g/mol. The summed E-state index contributed by atoms with van der Waals surface area (Å²) in [7, 11) is 0.